The molecule has 17 heavy (non-hydrogen) atoms. The molecule has 0 saturated heterocycles. The molecule has 0 aliphatic rings. The minimum atomic E-state index is -1.02. The van der Waals surface area contributed by atoms with Gasteiger partial charge in [-0.1, -0.05) is 6.92 Å². The van der Waals surface area contributed by atoms with Crippen LogP contribution < -0.4 is 5.32 Å². The number of carboxylic acids is 1. The van der Waals surface area contributed by atoms with Gasteiger partial charge in [-0.25, -0.2) is 4.79 Å². The van der Waals surface area contributed by atoms with E-state index in [-0.39, 0.29) is 0 Å². The summed E-state index contributed by atoms with van der Waals surface area (Å²) in [5.41, 5.74) is 0.170. The molecule has 0 amide bonds. The molecule has 0 heterocycles. The van der Waals surface area contributed by atoms with Crippen LogP contribution in [0, 0.1) is 11.3 Å². The quantitative estimate of drug-likeness (QED) is 0.896. The molecular formula is C12H13BrN2O2. The molecule has 90 valence electrons. The van der Waals surface area contributed by atoms with Crippen LogP contribution in [0.5, 0.6) is 0 Å². The van der Waals surface area contributed by atoms with Crippen LogP contribution in [0.25, 0.3) is 0 Å². The maximum absolute atomic E-state index is 11.2. The number of nitriles is 1. The highest BCUT2D eigenvalue weighted by Crippen LogP contribution is 2.27. The summed E-state index contributed by atoms with van der Waals surface area (Å²) in [6, 6.07) is 7.01. The molecule has 0 fully saturated rings. The van der Waals surface area contributed by atoms with Gasteiger partial charge >= 0.3 is 5.97 Å². The standard InChI is InChI=1S/C12H13BrN2O2/c1-3-12(2,11(16)17)15-10-5-4-8(7-14)6-9(10)13/h4-6,15H,3H2,1-2H3,(H,16,17). The number of anilines is 1. The lowest BCUT2D eigenvalue weighted by molar-refractivity contribution is -0.141. The van der Waals surface area contributed by atoms with E-state index in [1.807, 2.05) is 6.07 Å². The molecule has 0 aliphatic heterocycles. The Balaban J connectivity index is 3.04. The minimum Gasteiger partial charge on any atom is -0.480 e. The lowest BCUT2D eigenvalue weighted by atomic mass is 9.98. The number of benzene rings is 1. The Labute approximate surface area is 108 Å². The number of rotatable bonds is 4. The highest BCUT2D eigenvalue weighted by Gasteiger charge is 2.31. The fourth-order valence-corrected chi connectivity index (χ4v) is 1.75. The number of aliphatic carboxylic acids is 1. The molecule has 0 aliphatic carbocycles. The second-order valence-electron chi connectivity index (χ2n) is 3.92. The van der Waals surface area contributed by atoms with Gasteiger partial charge in [-0.3, -0.25) is 0 Å². The van der Waals surface area contributed by atoms with E-state index in [4.69, 9.17) is 10.4 Å². The van der Waals surface area contributed by atoms with Crippen molar-refractivity contribution in [3.8, 4) is 6.07 Å². The lowest BCUT2D eigenvalue weighted by Gasteiger charge is -2.26. The van der Waals surface area contributed by atoms with E-state index in [0.717, 1.165) is 0 Å². The number of nitrogens with one attached hydrogen (secondary N) is 1. The van der Waals surface area contributed by atoms with Gasteiger partial charge in [0.15, 0.2) is 0 Å². The molecule has 0 spiro atoms. The number of hydrogen-bond donors (Lipinski definition) is 2. The fourth-order valence-electron chi connectivity index (χ4n) is 1.28. The average molecular weight is 297 g/mol. The molecule has 4 nitrogen and oxygen atoms in total. The number of carboxylic acid groups (broad SMARTS) is 1. The van der Waals surface area contributed by atoms with Crippen molar-refractivity contribution in [1.29, 1.82) is 5.26 Å². The summed E-state index contributed by atoms with van der Waals surface area (Å²) in [7, 11) is 0. The second kappa shape index (κ2) is 5.19. The summed E-state index contributed by atoms with van der Waals surface area (Å²) in [4.78, 5) is 11.2. The molecule has 0 bridgehead atoms. The highest BCUT2D eigenvalue weighted by atomic mass is 79.9. The van der Waals surface area contributed by atoms with Gasteiger partial charge in [-0.05, 0) is 47.5 Å². The smallest absolute Gasteiger partial charge is 0.329 e. The van der Waals surface area contributed by atoms with Gasteiger partial charge in [0.2, 0.25) is 0 Å². The predicted octanol–water partition coefficient (Wildman–Crippen LogP) is 2.99. The molecule has 2 N–H and O–H groups in total. The molecule has 1 atom stereocenters. The van der Waals surface area contributed by atoms with Crippen molar-refractivity contribution in [2.45, 2.75) is 25.8 Å². The minimum absolute atomic E-state index is 0.453. The van der Waals surface area contributed by atoms with Gasteiger partial charge in [0, 0.05) is 10.2 Å². The zero-order valence-electron chi connectivity index (χ0n) is 9.62. The third kappa shape index (κ3) is 2.98. The summed E-state index contributed by atoms with van der Waals surface area (Å²) < 4.78 is 0.678. The molecule has 1 aromatic carbocycles. The summed E-state index contributed by atoms with van der Waals surface area (Å²) in [5.74, 6) is -0.906. The summed E-state index contributed by atoms with van der Waals surface area (Å²) in [6.45, 7) is 3.43. The van der Waals surface area contributed by atoms with Gasteiger partial charge < -0.3 is 10.4 Å². The Kier molecular flexibility index (Phi) is 4.13. The predicted molar refractivity (Wildman–Crippen MR) is 68.8 cm³/mol. The van der Waals surface area contributed by atoms with Crippen molar-refractivity contribution >= 4 is 27.6 Å². The number of halogens is 1. The third-order valence-electron chi connectivity index (χ3n) is 2.69. The summed E-state index contributed by atoms with van der Waals surface area (Å²) in [6.07, 6.45) is 0.453. The fraction of sp³-hybridized carbons (Fsp3) is 0.333. The van der Waals surface area contributed by atoms with Crippen LogP contribution in [0.1, 0.15) is 25.8 Å². The van der Waals surface area contributed by atoms with Crippen LogP contribution in [-0.4, -0.2) is 16.6 Å². The van der Waals surface area contributed by atoms with E-state index in [0.29, 0.717) is 22.1 Å². The topological polar surface area (TPSA) is 73.1 Å². The average Bonchev–Trinajstić information content (AvgIpc) is 2.31. The van der Waals surface area contributed by atoms with E-state index < -0.39 is 11.5 Å². The van der Waals surface area contributed by atoms with Crippen LogP contribution in [-0.2, 0) is 4.79 Å². The Morgan fingerprint density at radius 2 is 2.29 bits per heavy atom. The van der Waals surface area contributed by atoms with Crippen LogP contribution in [0.3, 0.4) is 0 Å². The molecule has 1 rings (SSSR count). The van der Waals surface area contributed by atoms with Gasteiger partial charge in [0.25, 0.3) is 0 Å². The molecule has 5 heteroatoms. The van der Waals surface area contributed by atoms with Gasteiger partial charge in [0.1, 0.15) is 5.54 Å². The Hall–Kier alpha value is -1.54. The van der Waals surface area contributed by atoms with Crippen LogP contribution in [0.2, 0.25) is 0 Å². The monoisotopic (exact) mass is 296 g/mol. The Morgan fingerprint density at radius 3 is 2.71 bits per heavy atom. The zero-order valence-corrected chi connectivity index (χ0v) is 11.2. The SMILES string of the molecule is CCC(C)(Nc1ccc(C#N)cc1Br)C(=O)O. The van der Waals surface area contributed by atoms with Gasteiger partial charge in [-0.2, -0.15) is 5.26 Å². The maximum atomic E-state index is 11.2. The number of hydrogen-bond acceptors (Lipinski definition) is 3. The Bertz CT molecular complexity index is 482. The first-order valence-corrected chi connectivity index (χ1v) is 5.93. The summed E-state index contributed by atoms with van der Waals surface area (Å²) in [5, 5.41) is 20.9. The zero-order chi connectivity index (χ0) is 13.1. The first kappa shape index (κ1) is 13.5. The lowest BCUT2D eigenvalue weighted by Crippen LogP contribution is -2.42. The van der Waals surface area contributed by atoms with Crippen LogP contribution in [0.4, 0.5) is 5.69 Å². The van der Waals surface area contributed by atoms with E-state index >= 15 is 0 Å². The van der Waals surface area contributed by atoms with Crippen LogP contribution >= 0.6 is 15.9 Å². The number of nitrogens with zero attached hydrogens (tertiary/aromatic N) is 1. The molecule has 0 radical (unpaired) electrons. The largest absolute Gasteiger partial charge is 0.480 e. The molecular weight excluding hydrogens is 284 g/mol. The van der Waals surface area contributed by atoms with Crippen molar-refractivity contribution in [2.24, 2.45) is 0 Å². The molecule has 0 saturated carbocycles. The van der Waals surface area contributed by atoms with E-state index in [1.54, 1.807) is 32.0 Å². The van der Waals surface area contributed by atoms with Crippen molar-refractivity contribution in [3.63, 3.8) is 0 Å². The normalized spacial score (nSPS) is 13.5. The maximum Gasteiger partial charge on any atom is 0.329 e. The van der Waals surface area contributed by atoms with Crippen LogP contribution in [0.15, 0.2) is 22.7 Å². The first-order valence-electron chi connectivity index (χ1n) is 5.14. The first-order chi connectivity index (χ1) is 7.92. The summed E-state index contributed by atoms with van der Waals surface area (Å²) >= 11 is 3.31. The second-order valence-corrected chi connectivity index (χ2v) is 4.78. The van der Waals surface area contributed by atoms with Crippen molar-refractivity contribution in [1.82, 2.24) is 0 Å². The Morgan fingerprint density at radius 1 is 1.65 bits per heavy atom. The number of carbonyl (C=O) groups is 1. The van der Waals surface area contributed by atoms with Crippen molar-refractivity contribution in [2.75, 3.05) is 5.32 Å². The molecule has 1 aromatic rings. The molecule has 1 unspecified atom stereocenters. The van der Waals surface area contributed by atoms with Gasteiger partial charge in [-0.15, -0.1) is 0 Å². The van der Waals surface area contributed by atoms with Crippen molar-refractivity contribution < 1.29 is 9.90 Å². The van der Waals surface area contributed by atoms with E-state index in [9.17, 15) is 4.79 Å². The van der Waals surface area contributed by atoms with Crippen molar-refractivity contribution in [3.05, 3.63) is 28.2 Å². The highest BCUT2D eigenvalue weighted by molar-refractivity contribution is 9.10. The van der Waals surface area contributed by atoms with E-state index in [1.165, 1.54) is 0 Å². The molecule has 0 aromatic heterocycles. The van der Waals surface area contributed by atoms with Gasteiger partial charge in [0.05, 0.1) is 11.6 Å². The third-order valence-corrected chi connectivity index (χ3v) is 3.34. The van der Waals surface area contributed by atoms with E-state index in [2.05, 4.69) is 21.2 Å².